The van der Waals surface area contributed by atoms with E-state index >= 15 is 0 Å². The molecule has 0 amide bonds. The van der Waals surface area contributed by atoms with Crippen molar-refractivity contribution in [1.29, 1.82) is 0 Å². The van der Waals surface area contributed by atoms with Gasteiger partial charge in [-0.2, -0.15) is 0 Å². The number of allylic oxidation sites excluding steroid dienone is 6. The van der Waals surface area contributed by atoms with E-state index in [-0.39, 0.29) is 17.0 Å². The van der Waals surface area contributed by atoms with Gasteiger partial charge in [-0.1, -0.05) is 38.8 Å². The van der Waals surface area contributed by atoms with Crippen molar-refractivity contribution >= 4 is 11.6 Å². The van der Waals surface area contributed by atoms with Crippen LogP contribution < -0.4 is 0 Å². The lowest BCUT2D eigenvalue weighted by Crippen LogP contribution is -2.27. The average molecular weight is 274 g/mol. The van der Waals surface area contributed by atoms with E-state index < -0.39 is 0 Å². The molecule has 0 saturated heterocycles. The van der Waals surface area contributed by atoms with Crippen molar-refractivity contribution in [2.75, 3.05) is 0 Å². The van der Waals surface area contributed by atoms with Crippen molar-refractivity contribution in [3.63, 3.8) is 0 Å². The Morgan fingerprint density at radius 3 is 2.35 bits per heavy atom. The Kier molecular flexibility index (Phi) is 5.27. The number of hydrogen-bond acceptors (Lipinski definition) is 2. The molecule has 0 aromatic rings. The second-order valence-corrected chi connectivity index (χ2v) is 6.39. The Morgan fingerprint density at radius 2 is 1.80 bits per heavy atom. The summed E-state index contributed by atoms with van der Waals surface area (Å²) in [6.45, 7) is 11.8. The Labute approximate surface area is 122 Å². The van der Waals surface area contributed by atoms with Crippen LogP contribution >= 0.6 is 0 Å². The smallest absolute Gasteiger partial charge is 0.185 e. The molecule has 0 aromatic carbocycles. The topological polar surface area (TPSA) is 34.1 Å². The Balaban J connectivity index is 2.99. The summed E-state index contributed by atoms with van der Waals surface area (Å²) in [6, 6.07) is 0. The fraction of sp³-hybridized carbons (Fsp3) is 0.556. The van der Waals surface area contributed by atoms with E-state index in [1.54, 1.807) is 13.8 Å². The fourth-order valence-electron chi connectivity index (χ4n) is 2.40. The molecule has 20 heavy (non-hydrogen) atoms. The van der Waals surface area contributed by atoms with Crippen molar-refractivity contribution in [3.8, 4) is 0 Å². The van der Waals surface area contributed by atoms with Gasteiger partial charge in [0.15, 0.2) is 11.6 Å². The first kappa shape index (κ1) is 16.6. The average Bonchev–Trinajstić information content (AvgIpc) is 2.38. The summed E-state index contributed by atoms with van der Waals surface area (Å²) in [4.78, 5) is 24.3. The zero-order valence-corrected chi connectivity index (χ0v) is 13.6. The third-order valence-electron chi connectivity index (χ3n) is 4.13. The number of hydrogen-bond donors (Lipinski definition) is 0. The summed E-state index contributed by atoms with van der Waals surface area (Å²) in [6.07, 6.45) is 6.73. The van der Waals surface area contributed by atoms with Crippen LogP contribution in [0.5, 0.6) is 0 Å². The first-order chi connectivity index (χ1) is 9.20. The molecule has 1 aliphatic rings. The first-order valence-corrected chi connectivity index (χ1v) is 7.35. The maximum Gasteiger partial charge on any atom is 0.185 e. The highest BCUT2D eigenvalue weighted by molar-refractivity contribution is 6.22. The molecule has 2 nitrogen and oxygen atoms in total. The van der Waals surface area contributed by atoms with Crippen LogP contribution in [0.4, 0.5) is 0 Å². The summed E-state index contributed by atoms with van der Waals surface area (Å²) in [5.41, 5.74) is 2.86. The molecule has 0 spiro atoms. The number of carbonyl (C=O) groups excluding carboxylic acids is 2. The van der Waals surface area contributed by atoms with Gasteiger partial charge in [0.05, 0.1) is 0 Å². The van der Waals surface area contributed by atoms with Crippen LogP contribution in [0.15, 0.2) is 34.4 Å². The van der Waals surface area contributed by atoms with E-state index in [9.17, 15) is 9.59 Å². The molecular weight excluding hydrogens is 248 g/mol. The minimum atomic E-state index is -0.302. The highest BCUT2D eigenvalue weighted by Crippen LogP contribution is 2.36. The van der Waals surface area contributed by atoms with Crippen LogP contribution in [0, 0.1) is 5.41 Å². The van der Waals surface area contributed by atoms with Gasteiger partial charge in [-0.15, -0.1) is 0 Å². The number of Topliss-reactive ketones (excluding diaryl/α,β-unsaturated/α-hetero) is 1. The largest absolute Gasteiger partial charge is 0.290 e. The molecule has 0 radical (unpaired) electrons. The Morgan fingerprint density at radius 1 is 1.20 bits per heavy atom. The minimum absolute atomic E-state index is 0.0219. The lowest BCUT2D eigenvalue weighted by Gasteiger charge is -2.29. The zero-order valence-electron chi connectivity index (χ0n) is 13.6. The summed E-state index contributed by atoms with van der Waals surface area (Å²) in [7, 11) is 0. The SMILES string of the molecule is CCC/C(C)=C/CC(C)(C)C1=CC(=O)C(C)=C(C)C1=O. The van der Waals surface area contributed by atoms with E-state index in [0.717, 1.165) is 19.3 Å². The van der Waals surface area contributed by atoms with Gasteiger partial charge in [0.1, 0.15) is 0 Å². The fourth-order valence-corrected chi connectivity index (χ4v) is 2.40. The zero-order chi connectivity index (χ0) is 15.5. The molecule has 0 saturated carbocycles. The van der Waals surface area contributed by atoms with Gasteiger partial charge in [-0.25, -0.2) is 0 Å². The van der Waals surface area contributed by atoms with Crippen LogP contribution in [-0.2, 0) is 9.59 Å². The highest BCUT2D eigenvalue weighted by Gasteiger charge is 2.33. The van der Waals surface area contributed by atoms with Gasteiger partial charge in [0.25, 0.3) is 0 Å². The van der Waals surface area contributed by atoms with Crippen LogP contribution in [0.3, 0.4) is 0 Å². The van der Waals surface area contributed by atoms with Crippen molar-refractivity contribution in [3.05, 3.63) is 34.4 Å². The molecule has 0 aliphatic heterocycles. The molecular formula is C18H26O2. The van der Waals surface area contributed by atoms with Gasteiger partial charge in [0, 0.05) is 16.7 Å². The van der Waals surface area contributed by atoms with Gasteiger partial charge in [-0.3, -0.25) is 9.59 Å². The van der Waals surface area contributed by atoms with Gasteiger partial charge in [-0.05, 0) is 45.1 Å². The van der Waals surface area contributed by atoms with E-state index in [4.69, 9.17) is 0 Å². The third-order valence-corrected chi connectivity index (χ3v) is 4.13. The number of carbonyl (C=O) groups is 2. The summed E-state index contributed by atoms with van der Waals surface area (Å²) < 4.78 is 0. The van der Waals surface area contributed by atoms with E-state index in [1.807, 2.05) is 13.8 Å². The van der Waals surface area contributed by atoms with E-state index in [0.29, 0.717) is 16.7 Å². The molecule has 0 atom stereocenters. The number of rotatable bonds is 5. The summed E-state index contributed by atoms with van der Waals surface area (Å²) >= 11 is 0. The molecule has 0 heterocycles. The van der Waals surface area contributed by atoms with E-state index in [2.05, 4.69) is 19.9 Å². The summed E-state index contributed by atoms with van der Waals surface area (Å²) in [5, 5.41) is 0. The second-order valence-electron chi connectivity index (χ2n) is 6.39. The molecule has 0 aromatic heterocycles. The van der Waals surface area contributed by atoms with Crippen molar-refractivity contribution in [1.82, 2.24) is 0 Å². The van der Waals surface area contributed by atoms with Crippen LogP contribution in [0.2, 0.25) is 0 Å². The molecule has 0 bridgehead atoms. The Bertz CT molecular complexity index is 514. The maximum atomic E-state index is 12.4. The molecule has 2 heteroatoms. The van der Waals surface area contributed by atoms with Crippen molar-refractivity contribution < 1.29 is 9.59 Å². The quantitative estimate of drug-likeness (QED) is 0.544. The van der Waals surface area contributed by atoms with Crippen LogP contribution in [0.25, 0.3) is 0 Å². The van der Waals surface area contributed by atoms with Gasteiger partial charge < -0.3 is 0 Å². The third kappa shape index (κ3) is 3.56. The van der Waals surface area contributed by atoms with Crippen LogP contribution in [-0.4, -0.2) is 11.6 Å². The van der Waals surface area contributed by atoms with Crippen molar-refractivity contribution in [2.24, 2.45) is 5.41 Å². The standard InChI is InChI=1S/C18H26O2/c1-7-8-12(2)9-10-18(5,6)15-11-16(19)13(3)14(4)17(15)20/h9,11H,7-8,10H2,1-6H3/b12-9+. The highest BCUT2D eigenvalue weighted by atomic mass is 16.1. The van der Waals surface area contributed by atoms with Gasteiger partial charge >= 0.3 is 0 Å². The predicted octanol–water partition coefficient (Wildman–Crippen LogP) is 4.56. The van der Waals surface area contributed by atoms with Gasteiger partial charge in [0.2, 0.25) is 0 Å². The Hall–Kier alpha value is -1.44. The molecule has 1 rings (SSSR count). The summed E-state index contributed by atoms with van der Waals surface area (Å²) in [5.74, 6) is -0.00641. The molecule has 1 aliphatic carbocycles. The first-order valence-electron chi connectivity index (χ1n) is 7.35. The number of ketones is 2. The monoisotopic (exact) mass is 274 g/mol. The minimum Gasteiger partial charge on any atom is -0.290 e. The lowest BCUT2D eigenvalue weighted by atomic mass is 9.74. The van der Waals surface area contributed by atoms with Crippen molar-refractivity contribution in [2.45, 2.75) is 60.8 Å². The lowest BCUT2D eigenvalue weighted by molar-refractivity contribution is -0.116. The predicted molar refractivity (Wildman–Crippen MR) is 83.5 cm³/mol. The molecule has 0 unspecified atom stereocenters. The normalized spacial score (nSPS) is 17.7. The molecule has 110 valence electrons. The second kappa shape index (κ2) is 6.34. The maximum absolute atomic E-state index is 12.4. The molecule has 0 N–H and O–H groups in total. The molecule has 0 fully saturated rings. The van der Waals surface area contributed by atoms with E-state index in [1.165, 1.54) is 11.6 Å². The van der Waals surface area contributed by atoms with Crippen LogP contribution in [0.1, 0.15) is 60.8 Å².